The van der Waals surface area contributed by atoms with Crippen molar-refractivity contribution in [1.29, 1.82) is 0 Å². The molecule has 174 valence electrons. The summed E-state index contributed by atoms with van der Waals surface area (Å²) in [4.78, 5) is 27.0. The van der Waals surface area contributed by atoms with Crippen LogP contribution in [0, 0.1) is 5.82 Å². The molecule has 9 heteroatoms. The zero-order valence-corrected chi connectivity index (χ0v) is 18.5. The van der Waals surface area contributed by atoms with Crippen LogP contribution in [-0.2, 0) is 27.4 Å². The summed E-state index contributed by atoms with van der Waals surface area (Å²) < 4.78 is 18.9. The van der Waals surface area contributed by atoms with Gasteiger partial charge in [-0.15, -0.1) is 0 Å². The van der Waals surface area contributed by atoms with Gasteiger partial charge in [0, 0.05) is 32.6 Å². The van der Waals surface area contributed by atoms with Crippen molar-refractivity contribution < 1.29 is 18.7 Å². The van der Waals surface area contributed by atoms with E-state index in [0.717, 1.165) is 31.8 Å². The van der Waals surface area contributed by atoms with Gasteiger partial charge in [0.25, 0.3) is 5.91 Å². The van der Waals surface area contributed by atoms with Gasteiger partial charge in [-0.2, -0.15) is 5.10 Å². The largest absolute Gasteiger partial charge is 0.376 e. The summed E-state index contributed by atoms with van der Waals surface area (Å²) in [5.41, 5.74) is 8.36. The average molecular weight is 454 g/mol. The molecular formula is C24H28FN5O3. The number of hydrogen-bond acceptors (Lipinski definition) is 6. The lowest BCUT2D eigenvalue weighted by atomic mass is 10.1. The number of ether oxygens (including phenoxy) is 1. The van der Waals surface area contributed by atoms with Crippen LogP contribution in [0.4, 0.5) is 10.1 Å². The Bertz CT molecular complexity index is 1040. The van der Waals surface area contributed by atoms with E-state index >= 15 is 0 Å². The van der Waals surface area contributed by atoms with Crippen molar-refractivity contribution in [2.45, 2.75) is 38.6 Å². The zero-order chi connectivity index (χ0) is 23.4. The molecule has 8 nitrogen and oxygen atoms in total. The maximum atomic E-state index is 13.3. The van der Waals surface area contributed by atoms with E-state index in [0.29, 0.717) is 12.2 Å². The number of rotatable bonds is 7. The van der Waals surface area contributed by atoms with E-state index in [1.54, 1.807) is 0 Å². The molecule has 0 bridgehead atoms. The van der Waals surface area contributed by atoms with Crippen LogP contribution < -0.4 is 16.1 Å². The highest BCUT2D eigenvalue weighted by Crippen LogP contribution is 2.25. The van der Waals surface area contributed by atoms with Crippen molar-refractivity contribution in [3.63, 3.8) is 0 Å². The molecule has 0 spiro atoms. The molecule has 3 N–H and O–H groups in total. The first-order valence-electron chi connectivity index (χ1n) is 11.0. The first-order valence-corrected chi connectivity index (χ1v) is 11.0. The number of morpholine rings is 1. The van der Waals surface area contributed by atoms with Gasteiger partial charge in [0.05, 0.1) is 18.4 Å². The third-order valence-electron chi connectivity index (χ3n) is 5.77. The average Bonchev–Trinajstić information content (AvgIpc) is 3.24. The van der Waals surface area contributed by atoms with Gasteiger partial charge in [0.1, 0.15) is 17.6 Å². The first kappa shape index (κ1) is 22.9. The number of halogens is 1. The number of hydrogen-bond donors (Lipinski definition) is 2. The van der Waals surface area contributed by atoms with Gasteiger partial charge < -0.3 is 15.8 Å². The Kier molecular flexibility index (Phi) is 7.00. The fourth-order valence-corrected chi connectivity index (χ4v) is 4.12. The van der Waals surface area contributed by atoms with E-state index in [1.165, 1.54) is 34.8 Å². The number of carbonyl (C=O) groups excluding carboxylic acids is 2. The van der Waals surface area contributed by atoms with Crippen LogP contribution in [0.5, 0.6) is 0 Å². The Labute approximate surface area is 192 Å². The number of carbonyl (C=O) groups is 2. The van der Waals surface area contributed by atoms with Crippen LogP contribution in [-0.4, -0.2) is 54.3 Å². The van der Waals surface area contributed by atoms with Crippen molar-refractivity contribution in [2.24, 2.45) is 10.8 Å². The number of nitrogens with zero attached hydrogens (tertiary/aromatic N) is 3. The summed E-state index contributed by atoms with van der Waals surface area (Å²) in [6.45, 7) is 5.77. The molecule has 33 heavy (non-hydrogen) atoms. The molecule has 0 radical (unpaired) electrons. The lowest BCUT2D eigenvalue weighted by Gasteiger charge is -2.31. The predicted molar refractivity (Wildman–Crippen MR) is 123 cm³/mol. The third kappa shape index (κ3) is 5.74. The Morgan fingerprint density at radius 3 is 2.70 bits per heavy atom. The molecule has 0 saturated carbocycles. The highest BCUT2D eigenvalue weighted by molar-refractivity contribution is 6.40. The minimum Gasteiger partial charge on any atom is -0.376 e. The molecular weight excluding hydrogens is 425 g/mol. The highest BCUT2D eigenvalue weighted by Gasteiger charge is 2.34. The highest BCUT2D eigenvalue weighted by atomic mass is 19.1. The molecule has 2 atom stereocenters. The van der Waals surface area contributed by atoms with Gasteiger partial charge in [-0.3, -0.25) is 19.5 Å². The van der Waals surface area contributed by atoms with Crippen molar-refractivity contribution in [2.75, 3.05) is 24.7 Å². The monoisotopic (exact) mass is 453 g/mol. The minimum atomic E-state index is -0.796. The summed E-state index contributed by atoms with van der Waals surface area (Å²) in [5.74, 6) is -1.37. The summed E-state index contributed by atoms with van der Waals surface area (Å²) in [7, 11) is 0. The van der Waals surface area contributed by atoms with E-state index in [4.69, 9.17) is 10.5 Å². The standard InChI is InChI=1S/C24H28FN5O3/c1-16-14-29(9-10-33-16)15-18-4-2-3-17(11-18)13-27-24(32)21-12-22(23(26)31)30(28-21)20-7-5-19(25)6-8-20/h2-8,11,16,22H,9-10,12-15H2,1H3,(H2,26,31)(H,27,32). The van der Waals surface area contributed by atoms with E-state index in [-0.39, 0.29) is 24.1 Å². The van der Waals surface area contributed by atoms with Crippen LogP contribution >= 0.6 is 0 Å². The number of nitrogens with two attached hydrogens (primary N) is 1. The van der Waals surface area contributed by atoms with Crippen molar-refractivity contribution in [3.05, 3.63) is 65.5 Å². The predicted octanol–water partition coefficient (Wildman–Crippen LogP) is 1.78. The maximum Gasteiger partial charge on any atom is 0.267 e. The van der Waals surface area contributed by atoms with Crippen LogP contribution in [0.2, 0.25) is 0 Å². The third-order valence-corrected chi connectivity index (χ3v) is 5.77. The van der Waals surface area contributed by atoms with Crippen molar-refractivity contribution in [3.8, 4) is 0 Å². The van der Waals surface area contributed by atoms with Gasteiger partial charge in [-0.25, -0.2) is 4.39 Å². The van der Waals surface area contributed by atoms with Crippen LogP contribution in [0.3, 0.4) is 0 Å². The number of primary amides is 1. The second-order valence-corrected chi connectivity index (χ2v) is 8.41. The minimum absolute atomic E-state index is 0.0911. The molecule has 4 rings (SSSR count). The van der Waals surface area contributed by atoms with Gasteiger partial charge in [-0.05, 0) is 42.3 Å². The van der Waals surface area contributed by atoms with E-state index < -0.39 is 17.8 Å². The fraction of sp³-hybridized carbons (Fsp3) is 0.375. The summed E-state index contributed by atoms with van der Waals surface area (Å²) in [5, 5.41) is 8.55. The molecule has 1 saturated heterocycles. The number of nitrogens with one attached hydrogen (secondary N) is 1. The van der Waals surface area contributed by atoms with Crippen LogP contribution in [0.25, 0.3) is 0 Å². The fourth-order valence-electron chi connectivity index (χ4n) is 4.12. The molecule has 1 fully saturated rings. The molecule has 2 aliphatic rings. The number of benzene rings is 2. The molecule has 2 aliphatic heterocycles. The Morgan fingerprint density at radius 1 is 1.21 bits per heavy atom. The smallest absolute Gasteiger partial charge is 0.267 e. The number of amides is 2. The second-order valence-electron chi connectivity index (χ2n) is 8.41. The lowest BCUT2D eigenvalue weighted by Crippen LogP contribution is -2.40. The summed E-state index contributed by atoms with van der Waals surface area (Å²) in [6, 6.07) is 12.8. The normalized spacial score (nSPS) is 21.0. The summed E-state index contributed by atoms with van der Waals surface area (Å²) >= 11 is 0. The first-order chi connectivity index (χ1) is 15.9. The van der Waals surface area contributed by atoms with E-state index in [2.05, 4.69) is 34.4 Å². The van der Waals surface area contributed by atoms with Gasteiger partial charge >= 0.3 is 0 Å². The molecule has 2 heterocycles. The quantitative estimate of drug-likeness (QED) is 0.666. The number of anilines is 1. The van der Waals surface area contributed by atoms with E-state index in [1.807, 2.05) is 12.1 Å². The van der Waals surface area contributed by atoms with Gasteiger partial charge in [-0.1, -0.05) is 24.3 Å². The molecule has 0 aromatic heterocycles. The second kappa shape index (κ2) is 10.1. The van der Waals surface area contributed by atoms with E-state index in [9.17, 15) is 14.0 Å². The van der Waals surface area contributed by atoms with Crippen molar-refractivity contribution in [1.82, 2.24) is 10.2 Å². The van der Waals surface area contributed by atoms with Crippen molar-refractivity contribution >= 4 is 23.2 Å². The molecule has 2 aromatic carbocycles. The van der Waals surface area contributed by atoms with Crippen LogP contribution in [0.15, 0.2) is 53.6 Å². The number of hydrazone groups is 1. The maximum absolute atomic E-state index is 13.3. The van der Waals surface area contributed by atoms with Gasteiger partial charge in [0.15, 0.2) is 0 Å². The molecule has 2 amide bonds. The molecule has 2 aromatic rings. The molecule has 0 aliphatic carbocycles. The van der Waals surface area contributed by atoms with Crippen LogP contribution in [0.1, 0.15) is 24.5 Å². The van der Waals surface area contributed by atoms with Gasteiger partial charge in [0.2, 0.25) is 5.91 Å². The summed E-state index contributed by atoms with van der Waals surface area (Å²) in [6.07, 6.45) is 0.320. The Morgan fingerprint density at radius 2 is 1.97 bits per heavy atom. The SMILES string of the molecule is CC1CN(Cc2cccc(CNC(=O)C3=NN(c4ccc(F)cc4)C(C(N)=O)C3)c2)CCO1. The topological polar surface area (TPSA) is 100 Å². The molecule has 2 unspecified atom stereocenters. The Hall–Kier alpha value is -3.30. The zero-order valence-electron chi connectivity index (χ0n) is 18.5. The lowest BCUT2D eigenvalue weighted by molar-refractivity contribution is -0.119. The Balaban J connectivity index is 1.38.